The van der Waals surface area contributed by atoms with Crippen LogP contribution in [0.3, 0.4) is 0 Å². The molecular formula is C21H25N3O3. The number of nitrogens with zero attached hydrogens (tertiary/aromatic N) is 2. The zero-order valence-corrected chi connectivity index (χ0v) is 15.8. The lowest BCUT2D eigenvalue weighted by Gasteiger charge is -2.32. The van der Waals surface area contributed by atoms with E-state index in [9.17, 15) is 9.59 Å². The largest absolute Gasteiger partial charge is 0.462 e. The molecule has 1 saturated heterocycles. The van der Waals surface area contributed by atoms with Gasteiger partial charge in [-0.05, 0) is 56.0 Å². The minimum Gasteiger partial charge on any atom is -0.462 e. The Kier molecular flexibility index (Phi) is 6.06. The molecule has 2 heterocycles. The monoisotopic (exact) mass is 367 g/mol. The van der Waals surface area contributed by atoms with Crippen molar-refractivity contribution in [3.63, 3.8) is 0 Å². The summed E-state index contributed by atoms with van der Waals surface area (Å²) in [4.78, 5) is 30.8. The molecule has 3 rings (SSSR count). The molecule has 6 nitrogen and oxygen atoms in total. The number of rotatable bonds is 5. The first-order valence-electron chi connectivity index (χ1n) is 9.35. The highest BCUT2D eigenvalue weighted by molar-refractivity contribution is 6.04. The van der Waals surface area contributed by atoms with E-state index in [1.54, 1.807) is 43.6 Å². The number of piperidine rings is 1. The number of carbonyl (C=O) groups is 2. The van der Waals surface area contributed by atoms with E-state index in [0.717, 1.165) is 37.5 Å². The summed E-state index contributed by atoms with van der Waals surface area (Å²) < 4.78 is 4.96. The van der Waals surface area contributed by atoms with E-state index in [0.29, 0.717) is 23.4 Å². The van der Waals surface area contributed by atoms with Gasteiger partial charge in [-0.1, -0.05) is 6.92 Å². The Morgan fingerprint density at radius 2 is 1.85 bits per heavy atom. The number of hydrogen-bond acceptors (Lipinski definition) is 5. The van der Waals surface area contributed by atoms with Crippen LogP contribution < -0.4 is 10.2 Å². The van der Waals surface area contributed by atoms with Gasteiger partial charge in [-0.25, -0.2) is 4.79 Å². The number of benzene rings is 1. The predicted octanol–water partition coefficient (Wildman–Crippen LogP) is 3.75. The van der Waals surface area contributed by atoms with Gasteiger partial charge in [0.25, 0.3) is 5.91 Å². The summed E-state index contributed by atoms with van der Waals surface area (Å²) in [6.45, 7) is 6.34. The van der Waals surface area contributed by atoms with Crippen LogP contribution in [0.25, 0.3) is 0 Å². The van der Waals surface area contributed by atoms with E-state index in [1.807, 2.05) is 6.07 Å². The summed E-state index contributed by atoms with van der Waals surface area (Å²) in [7, 11) is 0. The van der Waals surface area contributed by atoms with Gasteiger partial charge in [0.15, 0.2) is 0 Å². The molecule has 0 bridgehead atoms. The first-order valence-corrected chi connectivity index (χ1v) is 9.35. The maximum atomic E-state index is 12.6. The molecule has 1 aliphatic rings. The molecule has 142 valence electrons. The number of esters is 1. The summed E-state index contributed by atoms with van der Waals surface area (Å²) >= 11 is 0. The third kappa shape index (κ3) is 4.84. The number of hydrogen-bond donors (Lipinski definition) is 1. The standard InChI is InChI=1S/C21H25N3O3/c1-3-27-21(26)16-4-6-18(7-5-16)23-20(25)17-12-19(14-22-13-17)24-10-8-15(2)9-11-24/h4-7,12-15H,3,8-11H2,1-2H3,(H,23,25). The lowest BCUT2D eigenvalue weighted by Crippen LogP contribution is -2.33. The van der Waals surface area contributed by atoms with Crippen LogP contribution in [-0.2, 0) is 4.74 Å². The average molecular weight is 367 g/mol. The number of amides is 1. The molecule has 0 saturated carbocycles. The normalized spacial score (nSPS) is 14.7. The van der Waals surface area contributed by atoms with Gasteiger partial charge in [0.05, 0.1) is 29.6 Å². The van der Waals surface area contributed by atoms with Gasteiger partial charge < -0.3 is 15.0 Å². The minimum absolute atomic E-state index is 0.224. The number of nitrogens with one attached hydrogen (secondary N) is 1. The number of anilines is 2. The molecule has 1 amide bonds. The summed E-state index contributed by atoms with van der Waals surface area (Å²) in [5.74, 6) is 0.153. The first-order chi connectivity index (χ1) is 13.1. The molecule has 27 heavy (non-hydrogen) atoms. The summed E-state index contributed by atoms with van der Waals surface area (Å²) in [5, 5.41) is 2.84. The maximum Gasteiger partial charge on any atom is 0.338 e. The summed E-state index contributed by atoms with van der Waals surface area (Å²) in [5.41, 5.74) is 2.57. The Balaban J connectivity index is 1.66. The van der Waals surface area contributed by atoms with Crippen LogP contribution in [0, 0.1) is 5.92 Å². The van der Waals surface area contributed by atoms with Crippen molar-refractivity contribution in [3.05, 3.63) is 53.9 Å². The Morgan fingerprint density at radius 3 is 2.52 bits per heavy atom. The molecule has 1 fully saturated rings. The van der Waals surface area contributed by atoms with Crippen LogP contribution >= 0.6 is 0 Å². The van der Waals surface area contributed by atoms with Crippen molar-refractivity contribution < 1.29 is 14.3 Å². The Bertz CT molecular complexity index is 797. The summed E-state index contributed by atoms with van der Waals surface area (Å²) in [6, 6.07) is 8.53. The molecule has 2 aromatic rings. The average Bonchev–Trinajstić information content (AvgIpc) is 2.69. The van der Waals surface area contributed by atoms with Crippen molar-refractivity contribution in [2.45, 2.75) is 26.7 Å². The van der Waals surface area contributed by atoms with Crippen molar-refractivity contribution in [1.82, 2.24) is 4.98 Å². The molecule has 1 aromatic carbocycles. The molecule has 0 radical (unpaired) electrons. The van der Waals surface area contributed by atoms with Gasteiger partial charge in [0.1, 0.15) is 0 Å². The number of ether oxygens (including phenoxy) is 1. The lowest BCUT2D eigenvalue weighted by atomic mass is 9.99. The first kappa shape index (κ1) is 18.9. The molecule has 1 aliphatic heterocycles. The van der Waals surface area contributed by atoms with Crippen LogP contribution in [0.1, 0.15) is 47.4 Å². The SMILES string of the molecule is CCOC(=O)c1ccc(NC(=O)c2cncc(N3CCC(C)CC3)c2)cc1. The van der Waals surface area contributed by atoms with Gasteiger partial charge in [0, 0.05) is 25.0 Å². The second-order valence-electron chi connectivity index (χ2n) is 6.85. The van der Waals surface area contributed by atoms with Crippen molar-refractivity contribution in [2.24, 2.45) is 5.92 Å². The third-order valence-corrected chi connectivity index (χ3v) is 4.79. The van der Waals surface area contributed by atoms with E-state index < -0.39 is 0 Å². The van der Waals surface area contributed by atoms with Crippen molar-refractivity contribution in [3.8, 4) is 0 Å². The number of carbonyl (C=O) groups excluding carboxylic acids is 2. The van der Waals surface area contributed by atoms with E-state index in [4.69, 9.17) is 4.74 Å². The topological polar surface area (TPSA) is 71.5 Å². The fourth-order valence-electron chi connectivity index (χ4n) is 3.10. The summed E-state index contributed by atoms with van der Waals surface area (Å²) in [6.07, 6.45) is 5.69. The molecular weight excluding hydrogens is 342 g/mol. The molecule has 0 atom stereocenters. The van der Waals surface area contributed by atoms with Gasteiger partial charge >= 0.3 is 5.97 Å². The van der Waals surface area contributed by atoms with Gasteiger partial charge in [-0.15, -0.1) is 0 Å². The second-order valence-corrected chi connectivity index (χ2v) is 6.85. The fraction of sp³-hybridized carbons (Fsp3) is 0.381. The highest BCUT2D eigenvalue weighted by Crippen LogP contribution is 2.23. The Morgan fingerprint density at radius 1 is 1.15 bits per heavy atom. The van der Waals surface area contributed by atoms with Crippen LogP contribution in [0.2, 0.25) is 0 Å². The lowest BCUT2D eigenvalue weighted by molar-refractivity contribution is 0.0526. The number of aromatic nitrogens is 1. The van der Waals surface area contributed by atoms with Crippen LogP contribution in [0.5, 0.6) is 0 Å². The zero-order valence-electron chi connectivity index (χ0n) is 15.8. The van der Waals surface area contributed by atoms with Gasteiger partial charge in [-0.3, -0.25) is 9.78 Å². The Labute approximate surface area is 159 Å². The van der Waals surface area contributed by atoms with E-state index >= 15 is 0 Å². The predicted molar refractivity (Wildman–Crippen MR) is 105 cm³/mol. The highest BCUT2D eigenvalue weighted by atomic mass is 16.5. The molecule has 0 unspecified atom stereocenters. The maximum absolute atomic E-state index is 12.6. The minimum atomic E-state index is -0.372. The quantitative estimate of drug-likeness (QED) is 0.815. The fourth-order valence-corrected chi connectivity index (χ4v) is 3.10. The third-order valence-electron chi connectivity index (χ3n) is 4.79. The van der Waals surface area contributed by atoms with Crippen molar-refractivity contribution in [2.75, 3.05) is 29.9 Å². The van der Waals surface area contributed by atoms with Gasteiger partial charge in [-0.2, -0.15) is 0 Å². The number of pyridine rings is 1. The van der Waals surface area contributed by atoms with Crippen molar-refractivity contribution >= 4 is 23.3 Å². The van der Waals surface area contributed by atoms with E-state index in [1.165, 1.54) is 0 Å². The zero-order chi connectivity index (χ0) is 19.2. The van der Waals surface area contributed by atoms with Crippen LogP contribution in [0.15, 0.2) is 42.7 Å². The molecule has 0 aliphatic carbocycles. The highest BCUT2D eigenvalue weighted by Gasteiger charge is 2.17. The van der Waals surface area contributed by atoms with E-state index in [2.05, 4.69) is 22.1 Å². The van der Waals surface area contributed by atoms with Crippen LogP contribution in [-0.4, -0.2) is 36.6 Å². The Hall–Kier alpha value is -2.89. The van der Waals surface area contributed by atoms with E-state index in [-0.39, 0.29) is 11.9 Å². The molecule has 1 N–H and O–H groups in total. The second kappa shape index (κ2) is 8.66. The molecule has 6 heteroatoms. The smallest absolute Gasteiger partial charge is 0.338 e. The van der Waals surface area contributed by atoms with Crippen LogP contribution in [0.4, 0.5) is 11.4 Å². The molecule has 0 spiro atoms. The van der Waals surface area contributed by atoms with Gasteiger partial charge in [0.2, 0.25) is 0 Å². The van der Waals surface area contributed by atoms with Crippen molar-refractivity contribution in [1.29, 1.82) is 0 Å². The molecule has 1 aromatic heterocycles.